The molecule has 0 bridgehead atoms. The van der Waals surface area contributed by atoms with Gasteiger partial charge in [-0.1, -0.05) is 6.07 Å². The SMILES string of the molecule is CN(Cc1cccnc1)C[B-](F)(F)F.[K+]. The van der Waals surface area contributed by atoms with Crippen LogP contribution in [0.25, 0.3) is 0 Å². The van der Waals surface area contributed by atoms with Crippen LogP contribution in [0.2, 0.25) is 0 Å². The van der Waals surface area contributed by atoms with E-state index in [0.717, 1.165) is 5.56 Å². The molecule has 15 heavy (non-hydrogen) atoms. The van der Waals surface area contributed by atoms with Gasteiger partial charge in [-0.15, -0.1) is 0 Å². The molecule has 0 unspecified atom stereocenters. The van der Waals surface area contributed by atoms with Gasteiger partial charge < -0.3 is 17.8 Å². The van der Waals surface area contributed by atoms with Gasteiger partial charge in [-0.25, -0.2) is 0 Å². The van der Waals surface area contributed by atoms with Gasteiger partial charge in [-0.3, -0.25) is 4.98 Å². The van der Waals surface area contributed by atoms with Gasteiger partial charge in [0.2, 0.25) is 0 Å². The van der Waals surface area contributed by atoms with E-state index in [1.54, 1.807) is 24.5 Å². The first kappa shape index (κ1) is 15.6. The first-order valence-electron chi connectivity index (χ1n) is 4.26. The Kier molecular flexibility index (Phi) is 7.31. The van der Waals surface area contributed by atoms with Crippen LogP contribution in [0.3, 0.4) is 0 Å². The summed E-state index contributed by atoms with van der Waals surface area (Å²) in [4.78, 5) is 5.06. The second-order valence-corrected chi connectivity index (χ2v) is 3.27. The minimum atomic E-state index is -4.74. The molecule has 0 saturated carbocycles. The van der Waals surface area contributed by atoms with Crippen molar-refractivity contribution in [2.45, 2.75) is 6.54 Å². The molecule has 1 heterocycles. The van der Waals surface area contributed by atoms with Crippen molar-refractivity contribution < 1.29 is 64.3 Å². The van der Waals surface area contributed by atoms with Crippen molar-refractivity contribution in [2.24, 2.45) is 0 Å². The van der Waals surface area contributed by atoms with Crippen LogP contribution in [0.1, 0.15) is 5.56 Å². The average Bonchev–Trinajstić information content (AvgIpc) is 2.02. The van der Waals surface area contributed by atoms with Crippen molar-refractivity contribution >= 4 is 6.98 Å². The first-order chi connectivity index (χ1) is 6.47. The summed E-state index contributed by atoms with van der Waals surface area (Å²) >= 11 is 0. The normalized spacial score (nSPS) is 11.3. The van der Waals surface area contributed by atoms with Gasteiger partial charge in [0, 0.05) is 18.9 Å². The first-order valence-corrected chi connectivity index (χ1v) is 4.26. The molecule has 0 aliphatic carbocycles. The molecule has 0 saturated heterocycles. The number of pyridine rings is 1. The largest absolute Gasteiger partial charge is 1.00 e. The third-order valence-corrected chi connectivity index (χ3v) is 1.69. The Labute approximate surface area is 130 Å². The second-order valence-electron chi connectivity index (χ2n) is 3.27. The molecule has 1 aromatic heterocycles. The van der Waals surface area contributed by atoms with Crippen LogP contribution in [0.5, 0.6) is 0 Å². The summed E-state index contributed by atoms with van der Waals surface area (Å²) in [5.74, 6) is 0. The van der Waals surface area contributed by atoms with Gasteiger partial charge in [-0.05, 0) is 25.1 Å². The fourth-order valence-electron chi connectivity index (χ4n) is 1.22. The zero-order valence-electron chi connectivity index (χ0n) is 8.83. The Morgan fingerprint density at radius 1 is 1.40 bits per heavy atom. The van der Waals surface area contributed by atoms with Crippen molar-refractivity contribution in [3.05, 3.63) is 30.1 Å². The van der Waals surface area contributed by atoms with Crippen molar-refractivity contribution in [3.63, 3.8) is 0 Å². The van der Waals surface area contributed by atoms with Crippen LogP contribution in [0.15, 0.2) is 24.5 Å². The molecule has 2 nitrogen and oxygen atoms in total. The minimum Gasteiger partial charge on any atom is -0.448 e. The third kappa shape index (κ3) is 7.48. The molecule has 0 spiro atoms. The topological polar surface area (TPSA) is 16.1 Å². The molecule has 0 N–H and O–H groups in total. The predicted octanol–water partition coefficient (Wildman–Crippen LogP) is -1.10. The van der Waals surface area contributed by atoms with Crippen molar-refractivity contribution in [1.29, 1.82) is 0 Å². The molecule has 1 rings (SSSR count). The third-order valence-electron chi connectivity index (χ3n) is 1.69. The van der Waals surface area contributed by atoms with Crippen LogP contribution in [-0.2, 0) is 6.54 Å². The van der Waals surface area contributed by atoms with E-state index in [1.165, 1.54) is 11.9 Å². The van der Waals surface area contributed by atoms with Crippen molar-refractivity contribution in [3.8, 4) is 0 Å². The molecule has 0 radical (unpaired) electrons. The van der Waals surface area contributed by atoms with Gasteiger partial charge in [-0.2, -0.15) is 0 Å². The summed E-state index contributed by atoms with van der Waals surface area (Å²) < 4.78 is 36.0. The molecule has 0 aliphatic rings. The van der Waals surface area contributed by atoms with Crippen molar-refractivity contribution in [1.82, 2.24) is 9.88 Å². The van der Waals surface area contributed by atoms with Crippen LogP contribution in [0, 0.1) is 0 Å². The number of rotatable bonds is 4. The molecule has 78 valence electrons. The zero-order valence-corrected chi connectivity index (χ0v) is 12.0. The maximum absolute atomic E-state index is 12.0. The second kappa shape index (κ2) is 7.03. The van der Waals surface area contributed by atoms with Gasteiger partial charge in [0.05, 0.1) is 0 Å². The van der Waals surface area contributed by atoms with E-state index in [9.17, 15) is 12.9 Å². The molecular formula is C8H11BF3KN2. The Hall–Kier alpha value is 0.601. The molecular weight excluding hydrogens is 231 g/mol. The number of hydrogen-bond donors (Lipinski definition) is 0. The number of nitrogens with zero attached hydrogens (tertiary/aromatic N) is 2. The number of aromatic nitrogens is 1. The van der Waals surface area contributed by atoms with Crippen molar-refractivity contribution in [2.75, 3.05) is 13.5 Å². The van der Waals surface area contributed by atoms with E-state index in [-0.39, 0.29) is 57.9 Å². The Morgan fingerprint density at radius 3 is 2.53 bits per heavy atom. The van der Waals surface area contributed by atoms with Crippen LogP contribution < -0.4 is 51.4 Å². The maximum atomic E-state index is 12.0. The van der Waals surface area contributed by atoms with Gasteiger partial charge >= 0.3 is 58.4 Å². The molecule has 0 aliphatic heterocycles. The predicted molar refractivity (Wildman–Crippen MR) is 49.6 cm³/mol. The molecule has 0 fully saturated rings. The van der Waals surface area contributed by atoms with E-state index in [4.69, 9.17) is 0 Å². The van der Waals surface area contributed by atoms with E-state index in [0.29, 0.717) is 0 Å². The molecule has 0 aromatic carbocycles. The van der Waals surface area contributed by atoms with Gasteiger partial charge in [0.1, 0.15) is 0 Å². The Morgan fingerprint density at radius 2 is 2.07 bits per heavy atom. The zero-order chi connectivity index (χ0) is 10.6. The molecule has 0 atom stereocenters. The molecule has 0 amide bonds. The quantitative estimate of drug-likeness (QED) is 0.623. The summed E-state index contributed by atoms with van der Waals surface area (Å²) in [6.45, 7) is -4.47. The number of hydrogen-bond acceptors (Lipinski definition) is 2. The molecule has 7 heteroatoms. The van der Waals surface area contributed by atoms with Gasteiger partial charge in [0.25, 0.3) is 0 Å². The smallest absolute Gasteiger partial charge is 0.448 e. The van der Waals surface area contributed by atoms with Gasteiger partial charge in [0.15, 0.2) is 0 Å². The van der Waals surface area contributed by atoms with E-state index in [1.807, 2.05) is 0 Å². The summed E-state index contributed by atoms with van der Waals surface area (Å²) in [6, 6.07) is 3.47. The van der Waals surface area contributed by atoms with E-state index < -0.39 is 13.4 Å². The Balaban J connectivity index is 0.00000196. The summed E-state index contributed by atoms with van der Waals surface area (Å²) in [6.07, 6.45) is 2.33. The summed E-state index contributed by atoms with van der Waals surface area (Å²) in [7, 11) is 1.45. The summed E-state index contributed by atoms with van der Waals surface area (Å²) in [5, 5.41) is 0. The monoisotopic (exact) mass is 242 g/mol. The minimum absolute atomic E-state index is 0. The fraction of sp³-hybridized carbons (Fsp3) is 0.375. The van der Waals surface area contributed by atoms with E-state index in [2.05, 4.69) is 4.98 Å². The molecule has 1 aromatic rings. The van der Waals surface area contributed by atoms with Crippen LogP contribution in [-0.4, -0.2) is 30.4 Å². The van der Waals surface area contributed by atoms with Crippen LogP contribution >= 0.6 is 0 Å². The fourth-order valence-corrected chi connectivity index (χ4v) is 1.22. The maximum Gasteiger partial charge on any atom is 1.00 e. The average molecular weight is 242 g/mol. The number of halogens is 3. The Bertz CT molecular complexity index is 281. The standard InChI is InChI=1S/C8H11BF3N2.K/c1-14(7-9(10,11)12)6-8-3-2-4-13-5-8;/h2-5H,6-7H2,1H3;/q-1;+1. The van der Waals surface area contributed by atoms with Crippen LogP contribution in [0.4, 0.5) is 12.9 Å². The summed E-state index contributed by atoms with van der Waals surface area (Å²) in [5.41, 5.74) is 0.787. The van der Waals surface area contributed by atoms with E-state index >= 15 is 0 Å².